The van der Waals surface area contributed by atoms with E-state index in [0.717, 1.165) is 36.2 Å². The van der Waals surface area contributed by atoms with Gasteiger partial charge >= 0.3 is 5.97 Å². The summed E-state index contributed by atoms with van der Waals surface area (Å²) < 4.78 is 4.83. The zero-order valence-corrected chi connectivity index (χ0v) is 12.2. The van der Waals surface area contributed by atoms with Gasteiger partial charge in [0.2, 0.25) is 0 Å². The van der Waals surface area contributed by atoms with Crippen LogP contribution in [0.4, 0.5) is 11.4 Å². The van der Waals surface area contributed by atoms with Crippen molar-refractivity contribution >= 4 is 17.3 Å². The van der Waals surface area contributed by atoms with Crippen LogP contribution in [0.25, 0.3) is 0 Å². The van der Waals surface area contributed by atoms with Crippen molar-refractivity contribution < 1.29 is 9.53 Å². The Hall–Kier alpha value is -1.71. The van der Waals surface area contributed by atoms with Gasteiger partial charge in [0.1, 0.15) is 0 Å². The number of nitrogen functional groups attached to an aromatic ring is 1. The van der Waals surface area contributed by atoms with Gasteiger partial charge in [-0.05, 0) is 49.3 Å². The summed E-state index contributed by atoms with van der Waals surface area (Å²) in [6.45, 7) is 4.16. The Morgan fingerprint density at radius 2 is 1.95 bits per heavy atom. The van der Waals surface area contributed by atoms with E-state index in [1.807, 2.05) is 13.0 Å². The van der Waals surface area contributed by atoms with Gasteiger partial charge in [0, 0.05) is 24.5 Å². The van der Waals surface area contributed by atoms with Crippen molar-refractivity contribution in [2.45, 2.75) is 26.2 Å². The van der Waals surface area contributed by atoms with Gasteiger partial charge in [-0.25, -0.2) is 4.79 Å². The van der Waals surface area contributed by atoms with Crippen LogP contribution < -0.4 is 10.6 Å². The number of nitrogens with zero attached hydrogens (tertiary/aromatic N) is 1. The van der Waals surface area contributed by atoms with Crippen LogP contribution in [0.2, 0.25) is 0 Å². The second-order valence-electron chi connectivity index (χ2n) is 6.07. The minimum absolute atomic E-state index is 0.355. The van der Waals surface area contributed by atoms with Crippen molar-refractivity contribution in [1.82, 2.24) is 0 Å². The summed E-state index contributed by atoms with van der Waals surface area (Å²) in [6, 6.07) is 3.97. The third-order valence-electron chi connectivity index (χ3n) is 4.87. The Balaban J connectivity index is 1.90. The summed E-state index contributed by atoms with van der Waals surface area (Å²) in [4.78, 5) is 14.2. The standard InChI is InChI=1S/C16H22N2O2/c1-10-6-13(7-14(15(10)17)16(19)20-2)18-8-11-4-3-5-12(11)9-18/h6-7,11-12H,3-5,8-9,17H2,1-2H3. The van der Waals surface area contributed by atoms with Crippen molar-refractivity contribution in [3.05, 3.63) is 23.3 Å². The van der Waals surface area contributed by atoms with Crippen molar-refractivity contribution in [3.8, 4) is 0 Å². The summed E-state index contributed by atoms with van der Waals surface area (Å²) >= 11 is 0. The summed E-state index contributed by atoms with van der Waals surface area (Å²) in [5.41, 5.74) is 9.06. The maximum Gasteiger partial charge on any atom is 0.340 e. The number of esters is 1. The van der Waals surface area contributed by atoms with Crippen LogP contribution in [-0.4, -0.2) is 26.2 Å². The third kappa shape index (κ3) is 2.13. The Labute approximate surface area is 119 Å². The molecule has 1 saturated carbocycles. The van der Waals surface area contributed by atoms with Gasteiger partial charge in [0.15, 0.2) is 0 Å². The zero-order valence-electron chi connectivity index (χ0n) is 12.2. The molecular formula is C16H22N2O2. The monoisotopic (exact) mass is 274 g/mol. The van der Waals surface area contributed by atoms with Crippen LogP contribution in [0, 0.1) is 18.8 Å². The highest BCUT2D eigenvalue weighted by atomic mass is 16.5. The number of nitrogens with two attached hydrogens (primary N) is 1. The summed E-state index contributed by atoms with van der Waals surface area (Å²) in [7, 11) is 1.39. The lowest BCUT2D eigenvalue weighted by Gasteiger charge is -2.22. The molecule has 1 aliphatic carbocycles. The van der Waals surface area contributed by atoms with E-state index in [4.69, 9.17) is 10.5 Å². The molecule has 0 amide bonds. The van der Waals surface area contributed by atoms with Crippen LogP contribution in [0.5, 0.6) is 0 Å². The normalized spacial score (nSPS) is 24.8. The Morgan fingerprint density at radius 3 is 2.55 bits per heavy atom. The van der Waals surface area contributed by atoms with Gasteiger partial charge < -0.3 is 15.4 Å². The molecule has 4 nitrogen and oxygen atoms in total. The number of methoxy groups -OCH3 is 1. The van der Waals surface area contributed by atoms with Crippen LogP contribution in [-0.2, 0) is 4.74 Å². The number of aryl methyl sites for hydroxylation is 1. The number of rotatable bonds is 2. The predicted molar refractivity (Wildman–Crippen MR) is 80.0 cm³/mol. The Morgan fingerprint density at radius 1 is 1.30 bits per heavy atom. The first kappa shape index (κ1) is 13.3. The molecule has 1 aromatic carbocycles. The summed E-state index contributed by atoms with van der Waals surface area (Å²) in [5.74, 6) is 1.30. The highest BCUT2D eigenvalue weighted by molar-refractivity contribution is 5.97. The molecule has 0 radical (unpaired) electrons. The van der Waals surface area contributed by atoms with E-state index in [1.165, 1.54) is 26.4 Å². The zero-order chi connectivity index (χ0) is 14.3. The van der Waals surface area contributed by atoms with Crippen molar-refractivity contribution in [1.29, 1.82) is 0 Å². The van der Waals surface area contributed by atoms with Crippen molar-refractivity contribution in [2.75, 3.05) is 30.8 Å². The summed E-state index contributed by atoms with van der Waals surface area (Å²) in [5, 5.41) is 0. The van der Waals surface area contributed by atoms with Gasteiger partial charge in [-0.3, -0.25) is 0 Å². The molecule has 2 unspecified atom stereocenters. The van der Waals surface area contributed by atoms with E-state index in [1.54, 1.807) is 0 Å². The minimum atomic E-state index is -0.355. The molecule has 2 atom stereocenters. The van der Waals surface area contributed by atoms with E-state index >= 15 is 0 Å². The predicted octanol–water partition coefficient (Wildman–Crippen LogP) is 2.60. The van der Waals surface area contributed by atoms with Gasteiger partial charge in [-0.15, -0.1) is 0 Å². The van der Waals surface area contributed by atoms with Crippen LogP contribution >= 0.6 is 0 Å². The fourth-order valence-electron chi connectivity index (χ4n) is 3.69. The second kappa shape index (κ2) is 5.00. The van der Waals surface area contributed by atoms with E-state index in [-0.39, 0.29) is 5.97 Å². The molecule has 0 bridgehead atoms. The van der Waals surface area contributed by atoms with Crippen molar-refractivity contribution in [2.24, 2.45) is 11.8 Å². The second-order valence-corrected chi connectivity index (χ2v) is 6.07. The molecule has 1 saturated heterocycles. The number of anilines is 2. The molecule has 108 valence electrons. The molecule has 0 aromatic heterocycles. The SMILES string of the molecule is COC(=O)c1cc(N2CC3CCCC3C2)cc(C)c1N. The minimum Gasteiger partial charge on any atom is -0.465 e. The first-order valence-electron chi connectivity index (χ1n) is 7.33. The van der Waals surface area contributed by atoms with Crippen LogP contribution in [0.15, 0.2) is 12.1 Å². The molecular weight excluding hydrogens is 252 g/mol. The van der Waals surface area contributed by atoms with E-state index in [9.17, 15) is 4.79 Å². The number of fused-ring (bicyclic) bond motifs is 1. The first-order valence-corrected chi connectivity index (χ1v) is 7.33. The molecule has 20 heavy (non-hydrogen) atoms. The van der Waals surface area contributed by atoms with Crippen LogP contribution in [0.3, 0.4) is 0 Å². The highest BCUT2D eigenvalue weighted by Gasteiger charge is 2.36. The molecule has 1 aromatic rings. The van der Waals surface area contributed by atoms with Crippen LogP contribution in [0.1, 0.15) is 35.2 Å². The number of hydrogen-bond donors (Lipinski definition) is 1. The van der Waals surface area contributed by atoms with Gasteiger partial charge in [-0.1, -0.05) is 6.42 Å². The molecule has 0 spiro atoms. The molecule has 4 heteroatoms. The molecule has 2 fully saturated rings. The number of benzene rings is 1. The lowest BCUT2D eigenvalue weighted by Crippen LogP contribution is -2.21. The van der Waals surface area contributed by atoms with E-state index in [2.05, 4.69) is 11.0 Å². The number of carbonyl (C=O) groups is 1. The fourth-order valence-corrected chi connectivity index (χ4v) is 3.69. The van der Waals surface area contributed by atoms with Gasteiger partial charge in [0.05, 0.1) is 12.7 Å². The summed E-state index contributed by atoms with van der Waals surface area (Å²) in [6.07, 6.45) is 4.06. The Kier molecular flexibility index (Phi) is 3.32. The maximum absolute atomic E-state index is 11.8. The highest BCUT2D eigenvalue weighted by Crippen LogP contribution is 2.40. The molecule has 3 rings (SSSR count). The smallest absolute Gasteiger partial charge is 0.340 e. The van der Waals surface area contributed by atoms with Gasteiger partial charge in [0.25, 0.3) is 0 Å². The van der Waals surface area contributed by atoms with E-state index in [0.29, 0.717) is 11.3 Å². The Bertz CT molecular complexity index is 530. The average Bonchev–Trinajstić information content (AvgIpc) is 3.01. The first-order chi connectivity index (χ1) is 9.60. The average molecular weight is 274 g/mol. The number of hydrogen-bond acceptors (Lipinski definition) is 4. The topological polar surface area (TPSA) is 55.6 Å². The third-order valence-corrected chi connectivity index (χ3v) is 4.87. The molecule has 1 aliphatic heterocycles. The number of carbonyl (C=O) groups excluding carboxylic acids is 1. The molecule has 2 aliphatic rings. The number of ether oxygens (including phenoxy) is 1. The fraction of sp³-hybridized carbons (Fsp3) is 0.562. The molecule has 1 heterocycles. The largest absolute Gasteiger partial charge is 0.465 e. The van der Waals surface area contributed by atoms with Gasteiger partial charge in [-0.2, -0.15) is 0 Å². The van der Waals surface area contributed by atoms with Crippen molar-refractivity contribution in [3.63, 3.8) is 0 Å². The molecule has 2 N–H and O–H groups in total. The lowest BCUT2D eigenvalue weighted by atomic mass is 10.0. The lowest BCUT2D eigenvalue weighted by molar-refractivity contribution is 0.0602. The van der Waals surface area contributed by atoms with E-state index < -0.39 is 0 Å². The quantitative estimate of drug-likeness (QED) is 0.665. The maximum atomic E-state index is 11.8.